The van der Waals surface area contributed by atoms with Crippen molar-refractivity contribution in [2.75, 3.05) is 23.7 Å². The molecule has 3 rings (SSSR count). The third-order valence-electron chi connectivity index (χ3n) is 4.56. The molecule has 0 aromatic heterocycles. The Bertz CT molecular complexity index is 685. The summed E-state index contributed by atoms with van der Waals surface area (Å²) in [6.07, 6.45) is 0. The maximum Gasteiger partial charge on any atom is 0.322 e. The number of nitrogens with zero attached hydrogens (tertiary/aromatic N) is 2. The van der Waals surface area contributed by atoms with Gasteiger partial charge in [0.15, 0.2) is 0 Å². The molecular weight excluding hydrogens is 328 g/mol. The summed E-state index contributed by atoms with van der Waals surface area (Å²) in [5.41, 5.74) is 1.53. The van der Waals surface area contributed by atoms with Gasteiger partial charge in [-0.3, -0.25) is 0 Å². The average Bonchev–Trinajstić information content (AvgIpc) is 2.64. The van der Waals surface area contributed by atoms with E-state index in [4.69, 9.17) is 0 Å². The number of hydrogen-bond donors (Lipinski definition) is 2. The summed E-state index contributed by atoms with van der Waals surface area (Å²) in [5.74, 6) is 0. The minimum Gasteiger partial charge on any atom is -0.318 e. The third kappa shape index (κ3) is 4.14. The van der Waals surface area contributed by atoms with Crippen molar-refractivity contribution in [1.82, 2.24) is 9.80 Å². The highest BCUT2D eigenvalue weighted by Crippen LogP contribution is 2.18. The zero-order valence-corrected chi connectivity index (χ0v) is 15.1. The van der Waals surface area contributed by atoms with Gasteiger partial charge in [0.2, 0.25) is 0 Å². The van der Waals surface area contributed by atoms with Crippen LogP contribution in [0.5, 0.6) is 0 Å². The van der Waals surface area contributed by atoms with Crippen molar-refractivity contribution in [1.29, 1.82) is 0 Å². The first-order valence-electron chi connectivity index (χ1n) is 8.80. The molecule has 2 N–H and O–H groups in total. The van der Waals surface area contributed by atoms with E-state index in [1.807, 2.05) is 74.5 Å². The molecule has 26 heavy (non-hydrogen) atoms. The summed E-state index contributed by atoms with van der Waals surface area (Å²) in [4.78, 5) is 28.7. The fraction of sp³-hybridized carbons (Fsp3) is 0.300. The second-order valence-corrected chi connectivity index (χ2v) is 6.60. The first-order chi connectivity index (χ1) is 12.5. The van der Waals surface area contributed by atoms with Gasteiger partial charge in [0, 0.05) is 36.5 Å². The molecule has 0 spiro atoms. The Morgan fingerprint density at radius 1 is 0.731 bits per heavy atom. The molecule has 0 bridgehead atoms. The Morgan fingerprint density at radius 2 is 1.08 bits per heavy atom. The van der Waals surface area contributed by atoms with Crippen molar-refractivity contribution in [3.05, 3.63) is 60.7 Å². The van der Waals surface area contributed by atoms with Crippen molar-refractivity contribution in [2.24, 2.45) is 0 Å². The van der Waals surface area contributed by atoms with Crippen molar-refractivity contribution in [3.63, 3.8) is 0 Å². The van der Waals surface area contributed by atoms with Crippen LogP contribution in [0.4, 0.5) is 21.0 Å². The third-order valence-corrected chi connectivity index (χ3v) is 4.56. The molecule has 2 aromatic carbocycles. The molecule has 6 heteroatoms. The lowest BCUT2D eigenvalue weighted by Gasteiger charge is -2.43. The van der Waals surface area contributed by atoms with Crippen LogP contribution in [0.2, 0.25) is 0 Å². The van der Waals surface area contributed by atoms with Crippen LogP contribution in [0.1, 0.15) is 13.8 Å². The standard InChI is InChI=1S/C20H24N4O2/c1-15-13-24(20(26)22-18-11-7-4-8-12-18)16(2)14-23(15)19(25)21-17-9-5-3-6-10-17/h3-12,15-16H,13-14H2,1-2H3,(H,21,25)(H,22,26)/t15-,16+. The summed E-state index contributed by atoms with van der Waals surface area (Å²) in [6.45, 7) is 4.89. The Labute approximate surface area is 153 Å². The maximum absolute atomic E-state index is 12.6. The normalized spacial score (nSPS) is 19.8. The number of rotatable bonds is 2. The van der Waals surface area contributed by atoms with Gasteiger partial charge in [-0.1, -0.05) is 36.4 Å². The Hall–Kier alpha value is -3.02. The highest BCUT2D eigenvalue weighted by atomic mass is 16.2. The monoisotopic (exact) mass is 352 g/mol. The van der Waals surface area contributed by atoms with Gasteiger partial charge in [0.1, 0.15) is 0 Å². The van der Waals surface area contributed by atoms with Crippen LogP contribution in [-0.4, -0.2) is 47.0 Å². The van der Waals surface area contributed by atoms with Gasteiger partial charge < -0.3 is 20.4 Å². The summed E-state index contributed by atoms with van der Waals surface area (Å²) in [7, 11) is 0. The number of carbonyl (C=O) groups is 2. The van der Waals surface area contributed by atoms with Crippen molar-refractivity contribution in [2.45, 2.75) is 25.9 Å². The Morgan fingerprint density at radius 3 is 1.42 bits per heavy atom. The van der Waals surface area contributed by atoms with E-state index < -0.39 is 0 Å². The van der Waals surface area contributed by atoms with Gasteiger partial charge in [-0.05, 0) is 38.1 Å². The van der Waals surface area contributed by atoms with Gasteiger partial charge in [0.05, 0.1) is 0 Å². The number of para-hydroxylation sites is 2. The van der Waals surface area contributed by atoms with E-state index in [1.165, 1.54) is 0 Å². The zero-order chi connectivity index (χ0) is 18.5. The molecule has 136 valence electrons. The highest BCUT2D eigenvalue weighted by molar-refractivity contribution is 5.91. The number of nitrogens with one attached hydrogen (secondary N) is 2. The molecule has 1 heterocycles. The molecular formula is C20H24N4O2. The van der Waals surface area contributed by atoms with Gasteiger partial charge in [-0.15, -0.1) is 0 Å². The Balaban J connectivity index is 1.61. The summed E-state index contributed by atoms with van der Waals surface area (Å²) in [5, 5.41) is 5.83. The molecule has 6 nitrogen and oxygen atoms in total. The number of carbonyl (C=O) groups excluding carboxylic acids is 2. The van der Waals surface area contributed by atoms with Gasteiger partial charge in [0.25, 0.3) is 0 Å². The topological polar surface area (TPSA) is 64.7 Å². The van der Waals surface area contributed by atoms with Crippen LogP contribution in [0.15, 0.2) is 60.7 Å². The molecule has 0 saturated carbocycles. The zero-order valence-electron chi connectivity index (χ0n) is 15.1. The molecule has 1 fully saturated rings. The predicted molar refractivity (Wildman–Crippen MR) is 103 cm³/mol. The van der Waals surface area contributed by atoms with Crippen molar-refractivity contribution in [3.8, 4) is 0 Å². The molecule has 0 aliphatic carbocycles. The number of amides is 4. The van der Waals surface area contributed by atoms with Gasteiger partial charge >= 0.3 is 12.1 Å². The van der Waals surface area contributed by atoms with Crippen LogP contribution < -0.4 is 10.6 Å². The molecule has 0 radical (unpaired) electrons. The molecule has 4 amide bonds. The lowest BCUT2D eigenvalue weighted by Crippen LogP contribution is -2.61. The first kappa shape index (κ1) is 17.8. The lowest BCUT2D eigenvalue weighted by atomic mass is 10.1. The minimum absolute atomic E-state index is 0.0727. The lowest BCUT2D eigenvalue weighted by molar-refractivity contribution is 0.0917. The fourth-order valence-electron chi connectivity index (χ4n) is 3.13. The SMILES string of the molecule is C[C@@H]1CN(C(=O)Nc2ccccc2)[C@@H](C)CN1C(=O)Nc1ccccc1. The van der Waals surface area contributed by atoms with E-state index in [9.17, 15) is 9.59 Å². The molecule has 1 aliphatic heterocycles. The summed E-state index contributed by atoms with van der Waals surface area (Å²) < 4.78 is 0. The smallest absolute Gasteiger partial charge is 0.318 e. The minimum atomic E-state index is -0.140. The van der Waals surface area contributed by atoms with Crippen LogP contribution in [0.25, 0.3) is 0 Å². The van der Waals surface area contributed by atoms with E-state index in [2.05, 4.69) is 10.6 Å². The second kappa shape index (κ2) is 7.91. The average molecular weight is 352 g/mol. The fourth-order valence-corrected chi connectivity index (χ4v) is 3.13. The number of piperazine rings is 1. The van der Waals surface area contributed by atoms with Crippen LogP contribution >= 0.6 is 0 Å². The molecule has 2 atom stereocenters. The summed E-state index contributed by atoms with van der Waals surface area (Å²) >= 11 is 0. The van der Waals surface area contributed by atoms with Crippen LogP contribution in [0.3, 0.4) is 0 Å². The number of benzene rings is 2. The van der Waals surface area contributed by atoms with E-state index in [0.717, 1.165) is 11.4 Å². The maximum atomic E-state index is 12.6. The molecule has 1 aliphatic rings. The predicted octanol–water partition coefficient (Wildman–Crippen LogP) is 3.85. The van der Waals surface area contributed by atoms with Crippen molar-refractivity contribution < 1.29 is 9.59 Å². The molecule has 0 unspecified atom stereocenters. The van der Waals surface area contributed by atoms with Crippen molar-refractivity contribution >= 4 is 23.4 Å². The summed E-state index contributed by atoms with van der Waals surface area (Å²) in [6, 6.07) is 18.3. The Kier molecular flexibility index (Phi) is 5.41. The molecule has 1 saturated heterocycles. The number of urea groups is 2. The largest absolute Gasteiger partial charge is 0.322 e. The number of anilines is 2. The quantitative estimate of drug-likeness (QED) is 0.862. The van der Waals surface area contributed by atoms with Crippen LogP contribution in [0, 0.1) is 0 Å². The van der Waals surface area contributed by atoms with E-state index >= 15 is 0 Å². The van der Waals surface area contributed by atoms with E-state index in [-0.39, 0.29) is 24.1 Å². The number of hydrogen-bond acceptors (Lipinski definition) is 2. The van der Waals surface area contributed by atoms with Crippen LogP contribution in [-0.2, 0) is 0 Å². The second-order valence-electron chi connectivity index (χ2n) is 6.60. The van der Waals surface area contributed by atoms with Gasteiger partial charge in [-0.25, -0.2) is 9.59 Å². The highest BCUT2D eigenvalue weighted by Gasteiger charge is 2.34. The van der Waals surface area contributed by atoms with E-state index in [1.54, 1.807) is 9.80 Å². The first-order valence-corrected chi connectivity index (χ1v) is 8.80. The van der Waals surface area contributed by atoms with E-state index in [0.29, 0.717) is 13.1 Å². The molecule has 2 aromatic rings. The van der Waals surface area contributed by atoms with Gasteiger partial charge in [-0.2, -0.15) is 0 Å².